The Hall–Kier alpha value is -1.59. The third kappa shape index (κ3) is 3.49. The molecular weight excluding hydrogens is 258 g/mol. The summed E-state index contributed by atoms with van der Waals surface area (Å²) in [6, 6.07) is 7.25. The van der Waals surface area contributed by atoms with Crippen molar-refractivity contribution in [2.75, 3.05) is 26.9 Å². The van der Waals surface area contributed by atoms with Crippen LogP contribution in [0.3, 0.4) is 0 Å². The predicted molar refractivity (Wildman–Crippen MR) is 74.7 cm³/mol. The summed E-state index contributed by atoms with van der Waals surface area (Å²) in [6.45, 7) is 3.25. The van der Waals surface area contributed by atoms with Crippen LogP contribution in [0.4, 0.5) is 0 Å². The summed E-state index contributed by atoms with van der Waals surface area (Å²) in [7, 11) is 1.71. The SMILES string of the molecule is CCOc1ccc(CC(=O)N(C)[C@H]2COC[C@@H]2O)cc1. The van der Waals surface area contributed by atoms with E-state index in [1.807, 2.05) is 31.2 Å². The summed E-state index contributed by atoms with van der Waals surface area (Å²) in [5, 5.41) is 9.73. The van der Waals surface area contributed by atoms with E-state index in [0.29, 0.717) is 26.2 Å². The molecule has 0 radical (unpaired) electrons. The Morgan fingerprint density at radius 2 is 2.10 bits per heavy atom. The highest BCUT2D eigenvalue weighted by molar-refractivity contribution is 5.79. The highest BCUT2D eigenvalue weighted by atomic mass is 16.5. The molecule has 0 aromatic heterocycles. The molecule has 1 aromatic rings. The first-order chi connectivity index (χ1) is 9.61. The average molecular weight is 279 g/mol. The molecule has 1 N–H and O–H groups in total. The Balaban J connectivity index is 1.93. The Morgan fingerprint density at radius 3 is 2.65 bits per heavy atom. The van der Waals surface area contributed by atoms with Gasteiger partial charge < -0.3 is 19.5 Å². The number of hydrogen-bond acceptors (Lipinski definition) is 4. The molecule has 0 bridgehead atoms. The lowest BCUT2D eigenvalue weighted by atomic mass is 10.1. The molecule has 0 saturated carbocycles. The number of aliphatic hydroxyl groups excluding tert-OH is 1. The summed E-state index contributed by atoms with van der Waals surface area (Å²) in [4.78, 5) is 13.8. The predicted octanol–water partition coefficient (Wildman–Crippen LogP) is 0.846. The lowest BCUT2D eigenvalue weighted by Gasteiger charge is -2.25. The first kappa shape index (κ1) is 14.8. The Bertz CT molecular complexity index is 446. The van der Waals surface area contributed by atoms with Gasteiger partial charge in [-0.1, -0.05) is 12.1 Å². The number of likely N-dealkylation sites (N-methyl/N-ethyl adjacent to an activating group) is 1. The quantitative estimate of drug-likeness (QED) is 0.868. The maximum absolute atomic E-state index is 12.2. The lowest BCUT2D eigenvalue weighted by Crippen LogP contribution is -2.44. The maximum atomic E-state index is 12.2. The van der Waals surface area contributed by atoms with Crippen LogP contribution in [0.25, 0.3) is 0 Å². The van der Waals surface area contributed by atoms with E-state index in [-0.39, 0.29) is 11.9 Å². The molecule has 0 aliphatic carbocycles. The van der Waals surface area contributed by atoms with E-state index in [1.54, 1.807) is 11.9 Å². The zero-order valence-electron chi connectivity index (χ0n) is 11.9. The third-order valence-corrected chi connectivity index (χ3v) is 3.50. The van der Waals surface area contributed by atoms with Crippen LogP contribution in [0.15, 0.2) is 24.3 Å². The van der Waals surface area contributed by atoms with Crippen molar-refractivity contribution in [2.45, 2.75) is 25.5 Å². The first-order valence-electron chi connectivity index (χ1n) is 6.85. The van der Waals surface area contributed by atoms with Crippen molar-refractivity contribution >= 4 is 5.91 Å². The van der Waals surface area contributed by atoms with Crippen molar-refractivity contribution in [3.05, 3.63) is 29.8 Å². The van der Waals surface area contributed by atoms with Crippen molar-refractivity contribution in [3.8, 4) is 5.75 Å². The van der Waals surface area contributed by atoms with Crippen LogP contribution in [0.1, 0.15) is 12.5 Å². The molecule has 1 aliphatic rings. The van der Waals surface area contributed by atoms with E-state index in [4.69, 9.17) is 9.47 Å². The van der Waals surface area contributed by atoms with Gasteiger partial charge in [0.15, 0.2) is 0 Å². The van der Waals surface area contributed by atoms with Crippen molar-refractivity contribution < 1.29 is 19.4 Å². The summed E-state index contributed by atoms with van der Waals surface area (Å²) in [5.74, 6) is 0.778. The second-order valence-corrected chi connectivity index (χ2v) is 4.93. The van der Waals surface area contributed by atoms with Crippen LogP contribution in [0.2, 0.25) is 0 Å². The number of nitrogens with zero attached hydrogens (tertiary/aromatic N) is 1. The standard InChI is InChI=1S/C15H21NO4/c1-3-20-12-6-4-11(5-7-12)8-15(18)16(2)13-9-19-10-14(13)17/h4-7,13-14,17H,3,8-10H2,1-2H3/t13-,14-/m0/s1. The minimum Gasteiger partial charge on any atom is -0.494 e. The topological polar surface area (TPSA) is 59.0 Å². The second-order valence-electron chi connectivity index (χ2n) is 4.93. The zero-order valence-corrected chi connectivity index (χ0v) is 11.9. The number of rotatable bonds is 5. The fraction of sp³-hybridized carbons (Fsp3) is 0.533. The van der Waals surface area contributed by atoms with Gasteiger partial charge in [0.05, 0.1) is 38.4 Å². The normalized spacial score (nSPS) is 21.8. The molecule has 5 heteroatoms. The summed E-state index contributed by atoms with van der Waals surface area (Å²) in [5.41, 5.74) is 0.929. The first-order valence-corrected chi connectivity index (χ1v) is 6.85. The van der Waals surface area contributed by atoms with Gasteiger partial charge in [-0.2, -0.15) is 0 Å². The molecule has 1 aromatic carbocycles. The van der Waals surface area contributed by atoms with Crippen LogP contribution >= 0.6 is 0 Å². The van der Waals surface area contributed by atoms with Gasteiger partial charge in [-0.25, -0.2) is 0 Å². The molecule has 5 nitrogen and oxygen atoms in total. The largest absolute Gasteiger partial charge is 0.494 e. The minimum absolute atomic E-state index is 0.0243. The van der Waals surface area contributed by atoms with Gasteiger partial charge in [0.2, 0.25) is 5.91 Å². The van der Waals surface area contributed by atoms with Crippen LogP contribution in [-0.2, 0) is 16.0 Å². The number of amides is 1. The van der Waals surface area contributed by atoms with Gasteiger partial charge in [0.1, 0.15) is 5.75 Å². The van der Waals surface area contributed by atoms with Crippen molar-refractivity contribution in [3.63, 3.8) is 0 Å². The molecule has 1 fully saturated rings. The van der Waals surface area contributed by atoms with E-state index >= 15 is 0 Å². The zero-order chi connectivity index (χ0) is 14.5. The summed E-state index contributed by atoms with van der Waals surface area (Å²) in [6.07, 6.45) is -0.282. The van der Waals surface area contributed by atoms with Crippen LogP contribution in [0, 0.1) is 0 Å². The Kier molecular flexibility index (Phi) is 4.98. The van der Waals surface area contributed by atoms with Gasteiger partial charge >= 0.3 is 0 Å². The molecule has 110 valence electrons. The Labute approximate surface area is 119 Å². The van der Waals surface area contributed by atoms with Crippen LogP contribution in [-0.4, -0.2) is 54.9 Å². The molecule has 20 heavy (non-hydrogen) atoms. The fourth-order valence-electron chi connectivity index (χ4n) is 2.26. The average Bonchev–Trinajstić information content (AvgIpc) is 2.86. The molecule has 0 unspecified atom stereocenters. The van der Waals surface area contributed by atoms with E-state index in [9.17, 15) is 9.90 Å². The van der Waals surface area contributed by atoms with Gasteiger partial charge in [0, 0.05) is 7.05 Å². The number of carbonyl (C=O) groups excluding carboxylic acids is 1. The van der Waals surface area contributed by atoms with E-state index < -0.39 is 6.10 Å². The van der Waals surface area contributed by atoms with Crippen molar-refractivity contribution in [2.24, 2.45) is 0 Å². The Morgan fingerprint density at radius 1 is 1.40 bits per heavy atom. The number of carbonyl (C=O) groups is 1. The van der Waals surface area contributed by atoms with Crippen LogP contribution in [0.5, 0.6) is 5.75 Å². The summed E-state index contributed by atoms with van der Waals surface area (Å²) >= 11 is 0. The highest BCUT2D eigenvalue weighted by Gasteiger charge is 2.32. The molecule has 0 spiro atoms. The monoisotopic (exact) mass is 279 g/mol. The number of hydrogen-bond donors (Lipinski definition) is 1. The molecule has 2 atom stereocenters. The van der Waals surface area contributed by atoms with Gasteiger partial charge in [-0.3, -0.25) is 4.79 Å². The molecule has 1 heterocycles. The number of benzene rings is 1. The smallest absolute Gasteiger partial charge is 0.227 e. The number of aliphatic hydroxyl groups is 1. The molecule has 1 saturated heterocycles. The number of ether oxygens (including phenoxy) is 2. The van der Waals surface area contributed by atoms with Gasteiger partial charge in [0.25, 0.3) is 0 Å². The van der Waals surface area contributed by atoms with E-state index in [1.165, 1.54) is 0 Å². The minimum atomic E-state index is -0.593. The lowest BCUT2D eigenvalue weighted by molar-refractivity contribution is -0.132. The molecule has 1 aliphatic heterocycles. The van der Waals surface area contributed by atoms with Crippen molar-refractivity contribution in [1.82, 2.24) is 4.90 Å². The maximum Gasteiger partial charge on any atom is 0.227 e. The molecule has 2 rings (SSSR count). The second kappa shape index (κ2) is 6.72. The highest BCUT2D eigenvalue weighted by Crippen LogP contribution is 2.16. The fourth-order valence-corrected chi connectivity index (χ4v) is 2.26. The van der Waals surface area contributed by atoms with Gasteiger partial charge in [-0.05, 0) is 24.6 Å². The summed E-state index contributed by atoms with van der Waals surface area (Å²) < 4.78 is 10.5. The third-order valence-electron chi connectivity index (χ3n) is 3.50. The van der Waals surface area contributed by atoms with E-state index in [0.717, 1.165) is 11.3 Å². The molecule has 1 amide bonds. The molecular formula is C15H21NO4. The van der Waals surface area contributed by atoms with Crippen LogP contribution < -0.4 is 4.74 Å². The van der Waals surface area contributed by atoms with E-state index in [2.05, 4.69) is 0 Å². The van der Waals surface area contributed by atoms with Gasteiger partial charge in [-0.15, -0.1) is 0 Å². The van der Waals surface area contributed by atoms with Crippen molar-refractivity contribution in [1.29, 1.82) is 0 Å².